The minimum atomic E-state index is -2.50. The Hall–Kier alpha value is -4.95. The van der Waals surface area contributed by atoms with Gasteiger partial charge in [0, 0.05) is 74.2 Å². The molecule has 2 aliphatic heterocycles. The number of halogens is 4. The highest BCUT2D eigenvalue weighted by Crippen LogP contribution is 2.56. The number of anilines is 10. The lowest BCUT2D eigenvalue weighted by atomic mass is 9.56. The van der Waals surface area contributed by atoms with E-state index in [9.17, 15) is 13.9 Å². The van der Waals surface area contributed by atoms with Gasteiger partial charge in [0.05, 0.1) is 45.2 Å². The zero-order valence-electron chi connectivity index (χ0n) is 49.7. The van der Waals surface area contributed by atoms with Crippen molar-refractivity contribution < 1.29 is 19.0 Å². The second-order valence-corrected chi connectivity index (χ2v) is 32.9. The first-order valence-corrected chi connectivity index (χ1v) is 36.6. The second-order valence-electron chi connectivity index (χ2n) is 24.9. The summed E-state index contributed by atoms with van der Waals surface area (Å²) in [4.78, 5) is 34.0. The van der Waals surface area contributed by atoms with Gasteiger partial charge >= 0.3 is 0 Å². The number of aromatic nitrogens is 4. The highest BCUT2D eigenvalue weighted by molar-refractivity contribution is 7.70. The molecule has 86 heavy (non-hydrogen) atoms. The van der Waals surface area contributed by atoms with E-state index in [-0.39, 0.29) is 12.8 Å². The van der Waals surface area contributed by atoms with E-state index in [4.69, 9.17) is 57.2 Å². The fourth-order valence-electron chi connectivity index (χ4n) is 13.3. The number of rotatable bonds is 14. The Morgan fingerprint density at radius 1 is 0.570 bits per heavy atom. The van der Waals surface area contributed by atoms with Gasteiger partial charge in [0.1, 0.15) is 30.1 Å². The molecule has 0 atom stereocenters. The largest absolute Gasteiger partial charge is 0.400 e. The summed E-state index contributed by atoms with van der Waals surface area (Å²) in [6.07, 6.45) is 24.6. The molecule has 4 heterocycles. The first-order chi connectivity index (χ1) is 40.7. The molecule has 15 nitrogen and oxygen atoms in total. The van der Waals surface area contributed by atoms with Crippen molar-refractivity contribution in [2.75, 3.05) is 91.0 Å². The number of carbonyl (C=O) groups is 1. The van der Waals surface area contributed by atoms with Gasteiger partial charge in [-0.25, -0.2) is 9.97 Å². The summed E-state index contributed by atoms with van der Waals surface area (Å²) in [6.45, 7) is 10.9. The Morgan fingerprint density at radius 3 is 1.36 bits per heavy atom. The minimum absolute atomic E-state index is 0. The number of hydrogen-bond donors (Lipinski definition) is 6. The number of ketones is 1. The van der Waals surface area contributed by atoms with Gasteiger partial charge < -0.3 is 51.0 Å². The number of Topliss-reactive ketones (excluding diaryl/α,β-unsaturated/α-hetero) is 1. The van der Waals surface area contributed by atoms with Crippen molar-refractivity contribution in [1.82, 2.24) is 19.9 Å². The average molecular weight is 1290 g/mol. The molecule has 4 aromatic carbocycles. The van der Waals surface area contributed by atoms with Crippen LogP contribution in [0.4, 0.5) is 57.7 Å². The molecule has 6 aliphatic rings. The van der Waals surface area contributed by atoms with Crippen LogP contribution in [-0.2, 0) is 13.9 Å². The lowest BCUT2D eigenvalue weighted by molar-refractivity contribution is -0.133. The van der Waals surface area contributed by atoms with Crippen LogP contribution < -0.4 is 47.4 Å². The van der Waals surface area contributed by atoms with Crippen LogP contribution in [0.5, 0.6) is 0 Å². The van der Waals surface area contributed by atoms with Crippen molar-refractivity contribution in [1.29, 1.82) is 0 Å². The van der Waals surface area contributed by atoms with Crippen molar-refractivity contribution in [3.05, 3.63) is 117 Å². The summed E-state index contributed by atoms with van der Waals surface area (Å²) in [7, 11) is -4.00. The number of para-hydroxylation sites is 2. The molecule has 0 bridgehead atoms. The minimum Gasteiger partial charge on any atom is -0.400 e. The summed E-state index contributed by atoms with van der Waals surface area (Å²) < 4.78 is 25.5. The molecule has 464 valence electrons. The number of aliphatic hydroxyl groups excluding tert-OH is 1. The highest BCUT2D eigenvalue weighted by atomic mass is 35.5. The van der Waals surface area contributed by atoms with E-state index in [1.54, 1.807) is 32.9 Å². The number of nitrogens with one attached hydrogen (secondary N) is 4. The van der Waals surface area contributed by atoms with Crippen LogP contribution >= 0.6 is 60.7 Å². The molecule has 12 rings (SSSR count). The molecule has 2 spiro atoms. The summed E-state index contributed by atoms with van der Waals surface area (Å²) in [5.41, 5.74) is 11.4. The molecular formula is C65H87Cl4N11O4P2. The standard InChI is InChI=1S/C32H40Cl2N5OP.C26H28Cl2N5O2P.C5H11N.CH4O.CH4/c1-41(2,40)29-10-6-5-9-27(29)37-30-26(34)21-35-31(38-30)36-24-11-12-28(25(33)18-24)39-15-13-32(14-16-39)19-23(20-32)17-22-7-3-4-8-22;1-36(2,35)23-6-4-3-5-21(23)31-24-20(28)16-29-25(32-24)30-17-7-8-22(19(27)13-17)33-11-9-26(10-12-33)14-18(34)15-26;6-5-3-1-2-4-5;1-2;/h5-6,9-12,18,21-23H,3-4,7-8,13-17,19-20H2,1-2H3,(H2,35,36,37,38);3-8,13,16H,9-12,14-15H2,1-2H3,(H2,29,30,31,32);5H,1-4,6H2;2H,1H3;1H4. The average Bonchev–Trinajstić information content (AvgIpc) is 1.40. The predicted molar refractivity (Wildman–Crippen MR) is 364 cm³/mol. The van der Waals surface area contributed by atoms with Gasteiger partial charge in [-0.05, 0) is 168 Å². The third-order valence-electron chi connectivity index (χ3n) is 17.8. The van der Waals surface area contributed by atoms with Crippen molar-refractivity contribution in [2.45, 2.75) is 123 Å². The Kier molecular flexibility index (Phi) is 23.0. The van der Waals surface area contributed by atoms with Gasteiger partial charge in [-0.2, -0.15) is 9.97 Å². The van der Waals surface area contributed by atoms with Crippen molar-refractivity contribution in [2.24, 2.45) is 28.4 Å². The molecule has 4 saturated carbocycles. The Bertz CT molecular complexity index is 3360. The van der Waals surface area contributed by atoms with Crippen LogP contribution in [0.3, 0.4) is 0 Å². The smallest absolute Gasteiger partial charge is 0.229 e. The normalized spacial score (nSPS) is 18.2. The topological polar surface area (TPSA) is 204 Å². The van der Waals surface area contributed by atoms with E-state index < -0.39 is 14.3 Å². The van der Waals surface area contributed by atoms with E-state index in [0.717, 1.165) is 109 Å². The van der Waals surface area contributed by atoms with Crippen LogP contribution in [0.2, 0.25) is 20.1 Å². The molecular weight excluding hydrogens is 1200 g/mol. The number of benzene rings is 4. The lowest BCUT2D eigenvalue weighted by Gasteiger charge is -2.53. The van der Waals surface area contributed by atoms with Crippen molar-refractivity contribution in [3.8, 4) is 0 Å². The first kappa shape index (κ1) is 67.0. The third-order valence-corrected chi connectivity index (χ3v) is 22.1. The number of piperidine rings is 2. The SMILES string of the molecule is C.CO.CP(C)(=O)c1ccccc1Nc1nc(Nc2ccc(N3CCC4(CC3)CC(=O)C4)c(Cl)c2)ncc1Cl.CP(C)(=O)c1ccccc1Nc1nc(Nc2ccc(N3CCC4(CC3)CC(CC3CCCC3)C4)c(Cl)c2)ncc1Cl.NC1CCCC1. The van der Waals surface area contributed by atoms with Crippen LogP contribution in [0.15, 0.2) is 97.3 Å². The molecule has 2 aromatic heterocycles. The maximum atomic E-state index is 12.8. The molecule has 0 amide bonds. The van der Waals surface area contributed by atoms with Crippen LogP contribution in [0.1, 0.15) is 117 Å². The Balaban J connectivity index is 0.000000197. The quantitative estimate of drug-likeness (QED) is 0.0562. The maximum Gasteiger partial charge on any atom is 0.229 e. The molecule has 2 saturated heterocycles. The van der Waals surface area contributed by atoms with E-state index in [1.807, 2.05) is 78.9 Å². The van der Waals surface area contributed by atoms with Gasteiger partial charge in [-0.3, -0.25) is 4.79 Å². The molecule has 6 fully saturated rings. The lowest BCUT2D eigenvalue weighted by Crippen LogP contribution is -2.47. The summed E-state index contributed by atoms with van der Waals surface area (Å²) >= 11 is 26.2. The fraction of sp³-hybridized carbons (Fsp3) is 0.492. The molecule has 0 unspecified atom stereocenters. The monoisotopic (exact) mass is 1290 g/mol. The first-order valence-electron chi connectivity index (χ1n) is 29.9. The van der Waals surface area contributed by atoms with E-state index in [2.05, 4.69) is 57.1 Å². The fourth-order valence-corrected chi connectivity index (χ4v) is 16.5. The number of carbonyl (C=O) groups excluding carboxylic acids is 1. The van der Waals surface area contributed by atoms with E-state index >= 15 is 0 Å². The van der Waals surface area contributed by atoms with Crippen LogP contribution in [0, 0.1) is 22.7 Å². The molecule has 21 heteroatoms. The van der Waals surface area contributed by atoms with E-state index in [0.29, 0.717) is 67.2 Å². The van der Waals surface area contributed by atoms with Crippen LogP contribution in [-0.4, -0.2) is 96.8 Å². The van der Waals surface area contributed by atoms with Crippen LogP contribution in [0.25, 0.3) is 0 Å². The molecule has 7 N–H and O–H groups in total. The summed E-state index contributed by atoms with van der Waals surface area (Å²) in [5.74, 6) is 3.98. The number of nitrogens with zero attached hydrogens (tertiary/aromatic N) is 6. The third kappa shape index (κ3) is 17.3. The van der Waals surface area contributed by atoms with Gasteiger partial charge in [-0.1, -0.05) is 117 Å². The summed E-state index contributed by atoms with van der Waals surface area (Å²) in [5, 5.41) is 23.5. The Labute approximate surface area is 529 Å². The van der Waals surface area contributed by atoms with Crippen molar-refractivity contribution in [3.63, 3.8) is 0 Å². The van der Waals surface area contributed by atoms with Crippen molar-refractivity contribution >= 4 is 135 Å². The zero-order valence-corrected chi connectivity index (χ0v) is 54.5. The number of nitrogens with two attached hydrogens (primary N) is 1. The Morgan fingerprint density at radius 2 is 0.977 bits per heavy atom. The highest BCUT2D eigenvalue weighted by Gasteiger charge is 2.47. The molecule has 0 radical (unpaired) electrons. The van der Waals surface area contributed by atoms with Gasteiger partial charge in [0.25, 0.3) is 0 Å². The second kappa shape index (κ2) is 29.6. The number of hydrogen-bond acceptors (Lipinski definition) is 15. The maximum absolute atomic E-state index is 12.8. The predicted octanol–water partition coefficient (Wildman–Crippen LogP) is 16.7. The summed E-state index contributed by atoms with van der Waals surface area (Å²) in [6, 6.07) is 27.3. The molecule has 6 aromatic rings. The molecule has 4 aliphatic carbocycles. The zero-order chi connectivity index (χ0) is 60.5. The van der Waals surface area contributed by atoms with Gasteiger partial charge in [0.15, 0.2) is 11.6 Å². The van der Waals surface area contributed by atoms with Gasteiger partial charge in [-0.15, -0.1) is 0 Å². The number of aliphatic hydroxyl groups is 1. The van der Waals surface area contributed by atoms with Gasteiger partial charge in [0.2, 0.25) is 11.9 Å². The van der Waals surface area contributed by atoms with E-state index in [1.165, 1.54) is 89.7 Å².